The first-order valence-electron chi connectivity index (χ1n) is 6.47. The van der Waals surface area contributed by atoms with E-state index >= 15 is 0 Å². The van der Waals surface area contributed by atoms with Gasteiger partial charge in [-0.15, -0.1) is 0 Å². The lowest BCUT2D eigenvalue weighted by Crippen LogP contribution is -2.26. The molecule has 8 heteroatoms. The first-order valence-corrected chi connectivity index (χ1v) is 8.33. The first-order chi connectivity index (χ1) is 9.49. The van der Waals surface area contributed by atoms with Crippen LogP contribution in [0.1, 0.15) is 19.3 Å². The molecule has 0 unspecified atom stereocenters. The number of ether oxygens (including phenoxy) is 1. The molecule has 6 nitrogen and oxygen atoms in total. The first kappa shape index (κ1) is 15.5. The number of rotatable bonds is 8. The Balaban J connectivity index is 1.76. The molecule has 0 atom stereocenters. The third-order valence-electron chi connectivity index (χ3n) is 2.96. The Morgan fingerprint density at radius 1 is 1.50 bits per heavy atom. The van der Waals surface area contributed by atoms with Crippen LogP contribution in [0.2, 0.25) is 5.02 Å². The summed E-state index contributed by atoms with van der Waals surface area (Å²) >= 11 is 5.76. The van der Waals surface area contributed by atoms with Crippen molar-refractivity contribution in [2.45, 2.75) is 24.2 Å². The summed E-state index contributed by atoms with van der Waals surface area (Å²) in [5.74, 6) is 0.828. The van der Waals surface area contributed by atoms with Gasteiger partial charge in [-0.25, -0.2) is 18.1 Å². The fraction of sp³-hybridized carbons (Fsp3) is 0.583. The van der Waals surface area contributed by atoms with Gasteiger partial charge in [-0.1, -0.05) is 11.6 Å². The molecule has 20 heavy (non-hydrogen) atoms. The Morgan fingerprint density at radius 3 is 2.90 bits per heavy atom. The number of nitrogens with one attached hydrogen (secondary N) is 1. The zero-order valence-corrected chi connectivity index (χ0v) is 12.6. The topological polar surface area (TPSA) is 94.3 Å². The minimum Gasteiger partial charge on any atom is -0.382 e. The third kappa shape index (κ3) is 4.59. The largest absolute Gasteiger partial charge is 0.382 e. The summed E-state index contributed by atoms with van der Waals surface area (Å²) in [7, 11) is -3.60. The molecule has 0 bridgehead atoms. The second kappa shape index (κ2) is 6.71. The van der Waals surface area contributed by atoms with Crippen LogP contribution in [0.15, 0.2) is 17.2 Å². The van der Waals surface area contributed by atoms with Crippen LogP contribution >= 0.6 is 11.6 Å². The highest BCUT2D eigenvalue weighted by molar-refractivity contribution is 7.89. The summed E-state index contributed by atoms with van der Waals surface area (Å²) in [6.45, 7) is 1.65. The van der Waals surface area contributed by atoms with Gasteiger partial charge in [-0.3, -0.25) is 0 Å². The second-order valence-corrected chi connectivity index (χ2v) is 6.98. The predicted octanol–water partition coefficient (Wildman–Crippen LogP) is 1.41. The lowest BCUT2D eigenvalue weighted by atomic mass is 10.4. The molecular formula is C12H18ClN3O3S. The van der Waals surface area contributed by atoms with E-state index in [9.17, 15) is 8.42 Å². The average Bonchev–Trinajstić information content (AvgIpc) is 3.21. The number of sulfonamides is 1. The highest BCUT2D eigenvalue weighted by Gasteiger charge is 2.21. The molecule has 1 aromatic heterocycles. The van der Waals surface area contributed by atoms with Gasteiger partial charge >= 0.3 is 0 Å². The fourth-order valence-electron chi connectivity index (χ4n) is 1.58. The van der Waals surface area contributed by atoms with Crippen molar-refractivity contribution in [1.82, 2.24) is 9.71 Å². The number of nitrogens with zero attached hydrogens (tertiary/aromatic N) is 1. The number of hydrogen-bond acceptors (Lipinski definition) is 5. The van der Waals surface area contributed by atoms with Crippen LogP contribution in [0.3, 0.4) is 0 Å². The molecule has 0 aliphatic heterocycles. The number of halogens is 1. The van der Waals surface area contributed by atoms with Gasteiger partial charge in [-0.2, -0.15) is 0 Å². The molecule has 0 saturated heterocycles. The van der Waals surface area contributed by atoms with E-state index in [0.717, 1.165) is 12.5 Å². The molecule has 1 fully saturated rings. The molecule has 1 aliphatic rings. The second-order valence-electron chi connectivity index (χ2n) is 4.81. The zero-order valence-electron chi connectivity index (χ0n) is 11.0. The van der Waals surface area contributed by atoms with E-state index in [1.165, 1.54) is 25.1 Å². The standard InChI is InChI=1S/C12H18ClN3O3S/c13-11-6-10(7-15-12(11)14)20(17,18)16-4-1-5-19-8-9-2-3-9/h6-7,9,16H,1-5,8H2,(H2,14,15). The van der Waals surface area contributed by atoms with Crippen LogP contribution < -0.4 is 10.5 Å². The molecule has 0 amide bonds. The fourth-order valence-corrected chi connectivity index (χ4v) is 2.85. The molecule has 1 saturated carbocycles. The van der Waals surface area contributed by atoms with Crippen molar-refractivity contribution >= 4 is 27.4 Å². The van der Waals surface area contributed by atoms with Crippen molar-refractivity contribution in [2.24, 2.45) is 5.92 Å². The maximum atomic E-state index is 12.0. The summed E-state index contributed by atoms with van der Waals surface area (Å²) in [6.07, 6.45) is 4.31. The highest BCUT2D eigenvalue weighted by atomic mass is 35.5. The van der Waals surface area contributed by atoms with Crippen LogP contribution in [0.25, 0.3) is 0 Å². The Kier molecular flexibility index (Phi) is 5.20. The van der Waals surface area contributed by atoms with Gasteiger partial charge < -0.3 is 10.5 Å². The molecule has 2 rings (SSSR count). The number of anilines is 1. The van der Waals surface area contributed by atoms with E-state index < -0.39 is 10.0 Å². The lowest BCUT2D eigenvalue weighted by Gasteiger charge is -2.07. The minimum absolute atomic E-state index is 0.00981. The zero-order chi connectivity index (χ0) is 14.6. The number of hydrogen-bond donors (Lipinski definition) is 2. The summed E-state index contributed by atoms with van der Waals surface area (Å²) < 4.78 is 31.8. The SMILES string of the molecule is Nc1ncc(S(=O)(=O)NCCCOCC2CC2)cc1Cl. The number of nitrogen functional groups attached to an aromatic ring is 1. The van der Waals surface area contributed by atoms with E-state index in [4.69, 9.17) is 22.1 Å². The van der Waals surface area contributed by atoms with Crippen molar-refractivity contribution in [2.75, 3.05) is 25.5 Å². The molecule has 3 N–H and O–H groups in total. The monoisotopic (exact) mass is 319 g/mol. The normalized spacial score (nSPS) is 15.4. The van der Waals surface area contributed by atoms with Crippen LogP contribution in [0.5, 0.6) is 0 Å². The van der Waals surface area contributed by atoms with Crippen LogP contribution in [-0.4, -0.2) is 33.2 Å². The molecule has 0 spiro atoms. The Morgan fingerprint density at radius 2 is 2.25 bits per heavy atom. The molecule has 0 radical (unpaired) electrons. The number of aromatic nitrogens is 1. The van der Waals surface area contributed by atoms with E-state index in [-0.39, 0.29) is 15.7 Å². The Hall–Kier alpha value is -0.890. The van der Waals surface area contributed by atoms with Crippen LogP contribution in [0.4, 0.5) is 5.82 Å². The number of pyridine rings is 1. The highest BCUT2D eigenvalue weighted by Crippen LogP contribution is 2.28. The lowest BCUT2D eigenvalue weighted by molar-refractivity contribution is 0.123. The molecule has 1 aromatic rings. The van der Waals surface area contributed by atoms with Gasteiger partial charge in [0.15, 0.2) is 0 Å². The van der Waals surface area contributed by atoms with Crippen molar-refractivity contribution < 1.29 is 13.2 Å². The minimum atomic E-state index is -3.60. The molecule has 1 heterocycles. The molecule has 0 aromatic carbocycles. The van der Waals surface area contributed by atoms with Crippen molar-refractivity contribution in [3.8, 4) is 0 Å². The quantitative estimate of drug-likeness (QED) is 0.706. The van der Waals surface area contributed by atoms with Crippen molar-refractivity contribution in [1.29, 1.82) is 0 Å². The Labute approximate surface area is 123 Å². The van der Waals surface area contributed by atoms with Gasteiger partial charge in [-0.05, 0) is 31.2 Å². The third-order valence-corrected chi connectivity index (χ3v) is 4.69. The van der Waals surface area contributed by atoms with E-state index in [2.05, 4.69) is 9.71 Å². The van der Waals surface area contributed by atoms with E-state index in [1.54, 1.807) is 0 Å². The van der Waals surface area contributed by atoms with Crippen LogP contribution in [0, 0.1) is 5.92 Å². The van der Waals surface area contributed by atoms with Crippen molar-refractivity contribution in [3.63, 3.8) is 0 Å². The average molecular weight is 320 g/mol. The van der Waals surface area contributed by atoms with Gasteiger partial charge in [0, 0.05) is 26.0 Å². The summed E-state index contributed by atoms with van der Waals surface area (Å²) in [4.78, 5) is 3.74. The predicted molar refractivity (Wildman–Crippen MR) is 77.0 cm³/mol. The molecule has 112 valence electrons. The Bertz CT molecular complexity index is 561. The molecular weight excluding hydrogens is 302 g/mol. The summed E-state index contributed by atoms with van der Waals surface area (Å²) in [5.41, 5.74) is 5.44. The van der Waals surface area contributed by atoms with Gasteiger partial charge in [0.2, 0.25) is 10.0 Å². The van der Waals surface area contributed by atoms with Gasteiger partial charge in [0.05, 0.1) is 5.02 Å². The van der Waals surface area contributed by atoms with Gasteiger partial charge in [0.1, 0.15) is 10.7 Å². The van der Waals surface area contributed by atoms with E-state index in [0.29, 0.717) is 19.6 Å². The van der Waals surface area contributed by atoms with Crippen molar-refractivity contribution in [3.05, 3.63) is 17.3 Å². The number of nitrogens with two attached hydrogens (primary N) is 1. The van der Waals surface area contributed by atoms with Crippen LogP contribution in [-0.2, 0) is 14.8 Å². The van der Waals surface area contributed by atoms with Gasteiger partial charge in [0.25, 0.3) is 0 Å². The molecule has 1 aliphatic carbocycles. The maximum Gasteiger partial charge on any atom is 0.242 e. The smallest absolute Gasteiger partial charge is 0.242 e. The van der Waals surface area contributed by atoms with E-state index in [1.807, 2.05) is 0 Å². The summed E-state index contributed by atoms with van der Waals surface area (Å²) in [6, 6.07) is 1.29. The summed E-state index contributed by atoms with van der Waals surface area (Å²) in [5, 5.41) is 0.126. The maximum absolute atomic E-state index is 12.0.